The summed E-state index contributed by atoms with van der Waals surface area (Å²) < 4.78 is 34.4. The van der Waals surface area contributed by atoms with Crippen LogP contribution < -0.4 is 23.7 Å². The summed E-state index contributed by atoms with van der Waals surface area (Å²) in [7, 11) is 7.34. The van der Waals surface area contributed by atoms with Crippen molar-refractivity contribution in [3.8, 4) is 45.6 Å². The Kier molecular flexibility index (Phi) is 8.17. The first-order valence-electron chi connectivity index (χ1n) is 11.9. The molecule has 9 nitrogen and oxygen atoms in total. The van der Waals surface area contributed by atoms with Gasteiger partial charge in [-0.05, 0) is 50.8 Å². The maximum atomic E-state index is 13.0. The number of carbonyl (C=O) groups excluding carboxylic acids is 1. The van der Waals surface area contributed by atoms with Gasteiger partial charge in [0.05, 0.1) is 35.5 Å². The van der Waals surface area contributed by atoms with Crippen molar-refractivity contribution in [2.75, 3.05) is 35.5 Å². The predicted molar refractivity (Wildman–Crippen MR) is 138 cm³/mol. The molecule has 0 aromatic heterocycles. The lowest BCUT2D eigenvalue weighted by Crippen LogP contribution is -2.44. The number of phenolic OH excluding ortho intramolecular Hbond substituents is 1. The second kappa shape index (κ2) is 10.8. The molecule has 0 heterocycles. The molecule has 1 aliphatic carbocycles. The highest BCUT2D eigenvalue weighted by Crippen LogP contribution is 2.58. The van der Waals surface area contributed by atoms with Crippen LogP contribution in [0.15, 0.2) is 23.8 Å². The fourth-order valence-corrected chi connectivity index (χ4v) is 4.76. The van der Waals surface area contributed by atoms with E-state index in [1.165, 1.54) is 35.5 Å². The van der Waals surface area contributed by atoms with Crippen LogP contribution in [0.4, 0.5) is 0 Å². The van der Waals surface area contributed by atoms with E-state index in [4.69, 9.17) is 28.4 Å². The Bertz CT molecular complexity index is 1210. The van der Waals surface area contributed by atoms with Gasteiger partial charge < -0.3 is 38.6 Å². The molecule has 3 rings (SSSR count). The number of ether oxygens (including phenoxy) is 6. The maximum Gasteiger partial charge on any atom is 0.334 e. The van der Waals surface area contributed by atoms with Crippen LogP contribution in [-0.4, -0.2) is 57.3 Å². The highest BCUT2D eigenvalue weighted by atomic mass is 16.6. The molecule has 0 spiro atoms. The van der Waals surface area contributed by atoms with Gasteiger partial charge >= 0.3 is 5.97 Å². The number of hydrogen-bond donors (Lipinski definition) is 2. The van der Waals surface area contributed by atoms with Gasteiger partial charge in [0, 0.05) is 22.3 Å². The fourth-order valence-electron chi connectivity index (χ4n) is 4.76. The number of phenols is 1. The molecule has 2 aromatic carbocycles. The minimum atomic E-state index is -1.54. The Hall–Kier alpha value is -3.59. The molecule has 0 bridgehead atoms. The van der Waals surface area contributed by atoms with Gasteiger partial charge in [0.25, 0.3) is 0 Å². The highest BCUT2D eigenvalue weighted by Gasteiger charge is 2.46. The van der Waals surface area contributed by atoms with Gasteiger partial charge in [-0.25, -0.2) is 4.79 Å². The predicted octanol–water partition coefficient (Wildman–Crippen LogP) is 4.60. The molecular weight excluding hydrogens is 480 g/mol. The monoisotopic (exact) mass is 516 g/mol. The van der Waals surface area contributed by atoms with E-state index >= 15 is 0 Å². The van der Waals surface area contributed by atoms with Crippen molar-refractivity contribution < 1.29 is 43.4 Å². The number of aromatic hydroxyl groups is 1. The summed E-state index contributed by atoms with van der Waals surface area (Å²) in [5.41, 5.74) is 0.942. The van der Waals surface area contributed by atoms with Gasteiger partial charge in [-0.1, -0.05) is 13.0 Å². The number of hydrogen-bond acceptors (Lipinski definition) is 9. The lowest BCUT2D eigenvalue weighted by Gasteiger charge is -2.41. The minimum Gasteiger partial charge on any atom is -0.504 e. The minimum absolute atomic E-state index is 0.113. The van der Waals surface area contributed by atoms with Crippen LogP contribution in [0.25, 0.3) is 11.1 Å². The highest BCUT2D eigenvalue weighted by molar-refractivity contribution is 5.90. The first-order valence-corrected chi connectivity index (χ1v) is 11.9. The lowest BCUT2D eigenvalue weighted by molar-refractivity contribution is -0.166. The number of fused-ring (bicyclic) bond motifs is 3. The Morgan fingerprint density at radius 3 is 2.03 bits per heavy atom. The zero-order chi connectivity index (χ0) is 27.7. The molecule has 9 heteroatoms. The Balaban J connectivity index is 2.59. The Morgan fingerprint density at radius 1 is 0.946 bits per heavy atom. The van der Waals surface area contributed by atoms with Gasteiger partial charge in [-0.3, -0.25) is 0 Å². The first-order chi connectivity index (χ1) is 17.5. The third kappa shape index (κ3) is 4.64. The van der Waals surface area contributed by atoms with E-state index in [0.29, 0.717) is 45.7 Å². The molecule has 0 saturated heterocycles. The van der Waals surface area contributed by atoms with Crippen molar-refractivity contribution in [3.05, 3.63) is 34.9 Å². The van der Waals surface area contributed by atoms with E-state index in [0.717, 1.165) is 0 Å². The average Bonchev–Trinajstić information content (AvgIpc) is 2.88. The molecule has 1 aliphatic rings. The van der Waals surface area contributed by atoms with Crippen molar-refractivity contribution in [3.63, 3.8) is 0 Å². The van der Waals surface area contributed by atoms with Gasteiger partial charge in [0.2, 0.25) is 11.5 Å². The standard InChI is InChI=1S/C28H36O9/c1-10-14(2)27(30)37-26-17-13-19(32-5)23(34-7)25(36-9)21(17)20-16(11-15(3)28(26,4)31)12-18(29)22(33-6)24(20)35-8/h10,12-13,15,26,29,31H,11H2,1-9H3/b14-10-/t15-,26+,28+/m1/s1. The summed E-state index contributed by atoms with van der Waals surface area (Å²) in [5, 5.41) is 22.7. The van der Waals surface area contributed by atoms with Crippen molar-refractivity contribution in [1.82, 2.24) is 0 Å². The zero-order valence-electron chi connectivity index (χ0n) is 22.8. The van der Waals surface area contributed by atoms with Gasteiger partial charge in [0.1, 0.15) is 5.60 Å². The van der Waals surface area contributed by atoms with E-state index < -0.39 is 23.6 Å². The second-order valence-corrected chi connectivity index (χ2v) is 9.19. The maximum absolute atomic E-state index is 13.0. The van der Waals surface area contributed by atoms with Crippen LogP contribution in [0, 0.1) is 5.92 Å². The number of aliphatic hydroxyl groups is 1. The normalized spacial score (nSPS) is 21.1. The topological polar surface area (TPSA) is 113 Å². The molecule has 0 unspecified atom stereocenters. The van der Waals surface area contributed by atoms with E-state index in [1.54, 1.807) is 39.0 Å². The van der Waals surface area contributed by atoms with Crippen LogP contribution in [0.1, 0.15) is 44.9 Å². The third-order valence-corrected chi connectivity index (χ3v) is 7.13. The second-order valence-electron chi connectivity index (χ2n) is 9.19. The van der Waals surface area contributed by atoms with Gasteiger partial charge in [-0.2, -0.15) is 0 Å². The molecule has 0 fully saturated rings. The Morgan fingerprint density at radius 2 is 1.51 bits per heavy atom. The lowest BCUT2D eigenvalue weighted by atomic mass is 9.73. The van der Waals surface area contributed by atoms with Gasteiger partial charge in [-0.15, -0.1) is 0 Å². The molecule has 0 radical (unpaired) electrons. The summed E-state index contributed by atoms with van der Waals surface area (Å²) in [6.45, 7) is 6.86. The van der Waals surface area contributed by atoms with E-state index in [2.05, 4.69) is 0 Å². The molecule has 2 aromatic rings. The van der Waals surface area contributed by atoms with Gasteiger partial charge in [0.15, 0.2) is 29.1 Å². The summed E-state index contributed by atoms with van der Waals surface area (Å²) in [5.74, 6) is 0.158. The molecule has 0 aliphatic heterocycles. The van der Waals surface area contributed by atoms with E-state index in [9.17, 15) is 15.0 Å². The number of rotatable bonds is 7. The Labute approximate surface area is 217 Å². The van der Waals surface area contributed by atoms with Crippen molar-refractivity contribution in [2.45, 2.75) is 45.8 Å². The van der Waals surface area contributed by atoms with Crippen LogP contribution in [0.2, 0.25) is 0 Å². The third-order valence-electron chi connectivity index (χ3n) is 7.13. The molecule has 0 amide bonds. The average molecular weight is 517 g/mol. The number of esters is 1. The van der Waals surface area contributed by atoms with E-state index in [-0.39, 0.29) is 23.0 Å². The first kappa shape index (κ1) is 28.0. The number of methoxy groups -OCH3 is 5. The number of benzene rings is 2. The van der Waals surface area contributed by atoms with Crippen molar-refractivity contribution in [2.24, 2.45) is 5.92 Å². The van der Waals surface area contributed by atoms with Crippen molar-refractivity contribution in [1.29, 1.82) is 0 Å². The molecule has 37 heavy (non-hydrogen) atoms. The van der Waals surface area contributed by atoms with E-state index in [1.807, 2.05) is 6.92 Å². The van der Waals surface area contributed by atoms with Crippen LogP contribution in [-0.2, 0) is 16.0 Å². The van der Waals surface area contributed by atoms with Crippen molar-refractivity contribution >= 4 is 5.97 Å². The number of allylic oxidation sites excluding steroid dienone is 1. The molecular formula is C28H36O9. The molecule has 3 atom stereocenters. The molecule has 0 saturated carbocycles. The quantitative estimate of drug-likeness (QED) is 0.403. The largest absolute Gasteiger partial charge is 0.504 e. The summed E-state index contributed by atoms with van der Waals surface area (Å²) in [6, 6.07) is 3.24. The molecule has 2 N–H and O–H groups in total. The summed E-state index contributed by atoms with van der Waals surface area (Å²) in [6.07, 6.45) is 0.821. The fraction of sp³-hybridized carbons (Fsp3) is 0.464. The van der Waals surface area contributed by atoms with Crippen LogP contribution in [0.3, 0.4) is 0 Å². The van der Waals surface area contributed by atoms with Crippen LogP contribution in [0.5, 0.6) is 34.5 Å². The smallest absolute Gasteiger partial charge is 0.334 e. The van der Waals surface area contributed by atoms with Crippen LogP contribution >= 0.6 is 0 Å². The summed E-state index contributed by atoms with van der Waals surface area (Å²) >= 11 is 0. The molecule has 202 valence electrons. The number of carbonyl (C=O) groups is 1. The summed E-state index contributed by atoms with van der Waals surface area (Å²) in [4.78, 5) is 13.0. The zero-order valence-corrected chi connectivity index (χ0v) is 22.8. The SMILES string of the molecule is C/C=C(/C)C(=O)O[C@H]1c2cc(OC)c(OC)c(OC)c2-c2c(cc(O)c(OC)c2OC)C[C@@H](C)[C@]1(C)O.